The lowest BCUT2D eigenvalue weighted by Gasteiger charge is -2.34. The van der Waals surface area contributed by atoms with Gasteiger partial charge in [0.2, 0.25) is 11.6 Å². The number of benzene rings is 1. The van der Waals surface area contributed by atoms with Gasteiger partial charge < -0.3 is 15.2 Å². The first-order valence-corrected chi connectivity index (χ1v) is 16.6. The third-order valence-electron chi connectivity index (χ3n) is 8.68. The first-order valence-electron chi connectivity index (χ1n) is 16.6. The summed E-state index contributed by atoms with van der Waals surface area (Å²) in [5.74, 6) is 1.11. The molecule has 4 aromatic heterocycles. The van der Waals surface area contributed by atoms with Crippen molar-refractivity contribution >= 4 is 28.1 Å². The number of carbonyl (C=O) groups is 1. The van der Waals surface area contributed by atoms with E-state index >= 15 is 0 Å². The number of aryl methyl sites for hydroxylation is 2. The number of pyridine rings is 2. The Hall–Kier alpha value is -4.11. The molecule has 5 rings (SSSR count). The molecule has 46 heavy (non-hydrogen) atoms. The number of hydrogen-bond donors (Lipinski definition) is 3. The van der Waals surface area contributed by atoms with Crippen LogP contribution in [0.1, 0.15) is 82.2 Å². The van der Waals surface area contributed by atoms with Gasteiger partial charge in [-0.05, 0) is 105 Å². The summed E-state index contributed by atoms with van der Waals surface area (Å²) in [5.41, 5.74) is 9.50. The largest absolute Gasteiger partial charge is 0.341 e. The quantitative estimate of drug-likeness (QED) is 0.124. The Balaban J connectivity index is 1.46. The maximum Gasteiger partial charge on any atom is 0.232 e. The minimum absolute atomic E-state index is 0.149. The highest BCUT2D eigenvalue weighted by atomic mass is 16.2. The van der Waals surface area contributed by atoms with Crippen molar-refractivity contribution in [1.82, 2.24) is 40.6 Å². The molecule has 0 aliphatic rings. The van der Waals surface area contributed by atoms with Crippen LogP contribution in [0, 0.1) is 25.7 Å². The van der Waals surface area contributed by atoms with E-state index in [1.165, 1.54) is 16.7 Å². The first-order chi connectivity index (χ1) is 21.8. The number of carbonyl (C=O) groups excluding carboxylic acids is 1. The van der Waals surface area contributed by atoms with Crippen LogP contribution in [-0.4, -0.2) is 67.3 Å². The smallest absolute Gasteiger partial charge is 0.232 e. The number of rotatable bonds is 13. The van der Waals surface area contributed by atoms with Gasteiger partial charge in [-0.15, -0.1) is 5.10 Å². The lowest BCUT2D eigenvalue weighted by Crippen LogP contribution is -2.46. The minimum Gasteiger partial charge on any atom is -0.341 e. The van der Waals surface area contributed by atoms with E-state index in [4.69, 9.17) is 4.98 Å². The summed E-state index contributed by atoms with van der Waals surface area (Å²) in [6.45, 7) is 22.4. The lowest BCUT2D eigenvalue weighted by atomic mass is 9.82. The van der Waals surface area contributed by atoms with Crippen molar-refractivity contribution in [1.29, 1.82) is 0 Å². The maximum absolute atomic E-state index is 14.1. The Labute approximate surface area is 273 Å². The van der Waals surface area contributed by atoms with E-state index in [0.29, 0.717) is 17.5 Å². The third kappa shape index (κ3) is 7.30. The summed E-state index contributed by atoms with van der Waals surface area (Å²) in [7, 11) is 0. The Morgan fingerprint density at radius 2 is 1.61 bits per heavy atom. The molecular weight excluding hydrogens is 572 g/mol. The zero-order valence-electron chi connectivity index (χ0n) is 29.0. The number of aromatic nitrogens is 6. The van der Waals surface area contributed by atoms with E-state index in [1.807, 2.05) is 37.2 Å². The number of H-pyrrole nitrogens is 2. The second-order valence-electron chi connectivity index (χ2n) is 14.4. The van der Waals surface area contributed by atoms with E-state index in [2.05, 4.69) is 103 Å². The van der Waals surface area contributed by atoms with Gasteiger partial charge in [-0.2, -0.15) is 10.3 Å². The van der Waals surface area contributed by atoms with Crippen LogP contribution in [-0.2, 0) is 16.6 Å². The second-order valence-corrected chi connectivity index (χ2v) is 14.4. The Morgan fingerprint density at radius 3 is 2.28 bits per heavy atom. The molecule has 1 atom stereocenters. The summed E-state index contributed by atoms with van der Waals surface area (Å²) in [6.07, 6.45) is 4.59. The fourth-order valence-corrected chi connectivity index (χ4v) is 6.50. The summed E-state index contributed by atoms with van der Waals surface area (Å²) in [4.78, 5) is 29.2. The van der Waals surface area contributed by atoms with Gasteiger partial charge in [0, 0.05) is 37.4 Å². The van der Waals surface area contributed by atoms with Gasteiger partial charge in [-0.1, -0.05) is 51.8 Å². The molecule has 9 nitrogen and oxygen atoms in total. The minimum atomic E-state index is -0.722. The van der Waals surface area contributed by atoms with Crippen molar-refractivity contribution in [2.24, 2.45) is 11.8 Å². The van der Waals surface area contributed by atoms with Crippen LogP contribution in [0.3, 0.4) is 0 Å². The molecule has 0 saturated heterocycles. The Morgan fingerprint density at radius 1 is 0.913 bits per heavy atom. The molecule has 0 radical (unpaired) electrons. The molecule has 1 aromatic carbocycles. The van der Waals surface area contributed by atoms with Gasteiger partial charge in [0.25, 0.3) is 0 Å². The van der Waals surface area contributed by atoms with Crippen molar-refractivity contribution in [2.75, 3.05) is 26.2 Å². The monoisotopic (exact) mass is 622 g/mol. The normalized spacial score (nSPS) is 12.9. The molecule has 244 valence electrons. The number of hydrogen-bond acceptors (Lipinski definition) is 6. The highest BCUT2D eigenvalue weighted by Crippen LogP contribution is 2.38. The molecule has 9 heteroatoms. The van der Waals surface area contributed by atoms with Crippen molar-refractivity contribution < 1.29 is 4.79 Å². The summed E-state index contributed by atoms with van der Waals surface area (Å²) < 4.78 is 0. The molecule has 0 bridgehead atoms. The number of fused-ring (bicyclic) bond motifs is 2. The predicted molar refractivity (Wildman–Crippen MR) is 187 cm³/mol. The number of nitrogens with zero attached hydrogens (tertiary/aromatic N) is 5. The second kappa shape index (κ2) is 13.7. The number of nitrogens with one attached hydrogen (secondary N) is 3. The molecular formula is C37H50N8O. The van der Waals surface area contributed by atoms with Crippen molar-refractivity contribution in [3.63, 3.8) is 0 Å². The average Bonchev–Trinajstić information content (AvgIpc) is 3.61. The van der Waals surface area contributed by atoms with Gasteiger partial charge in [-0.25, -0.2) is 9.97 Å². The summed E-state index contributed by atoms with van der Waals surface area (Å²) in [5, 5.41) is 15.6. The average molecular weight is 623 g/mol. The Kier molecular flexibility index (Phi) is 9.91. The standard InChI is InChI=1S/C37H50N8O/c1-22(2)20-45(21-23(3)4)36(46)37(8,9)29-16-30-32(33(41-34(30)40-19-29)28-13-24(5)12-25(6)14-28)26(7)17-38-11-10-27-15-31-35(39-18-27)43-44-42-31/h12-16,18-19,22-23,26,38H,10-11,17,20-21H2,1-9H3,(H,40,41)(H,39,42,43,44)/t26-/m1/s1. The van der Waals surface area contributed by atoms with Crippen molar-refractivity contribution in [2.45, 2.75) is 80.1 Å². The van der Waals surface area contributed by atoms with Crippen LogP contribution >= 0.6 is 0 Å². The summed E-state index contributed by atoms with van der Waals surface area (Å²) in [6, 6.07) is 10.9. The Bertz CT molecular complexity index is 1780. The molecule has 3 N–H and O–H groups in total. The first kappa shape index (κ1) is 33.3. The SMILES string of the molecule is Cc1cc(C)cc(-c2[nH]c3ncc(C(C)(C)C(=O)N(CC(C)C)CC(C)C)cc3c2[C@H](C)CNCCc2cnc3n[nH]nc3c2)c1. The van der Waals surface area contributed by atoms with Crippen LogP contribution < -0.4 is 5.32 Å². The fourth-order valence-electron chi connectivity index (χ4n) is 6.50. The highest BCUT2D eigenvalue weighted by molar-refractivity contribution is 5.92. The molecule has 0 spiro atoms. The van der Waals surface area contributed by atoms with E-state index in [1.54, 1.807) is 0 Å². The van der Waals surface area contributed by atoms with Crippen LogP contribution in [0.5, 0.6) is 0 Å². The van der Waals surface area contributed by atoms with E-state index < -0.39 is 5.41 Å². The third-order valence-corrected chi connectivity index (χ3v) is 8.68. The van der Waals surface area contributed by atoms with E-state index in [0.717, 1.165) is 71.5 Å². The van der Waals surface area contributed by atoms with Crippen LogP contribution in [0.2, 0.25) is 0 Å². The molecule has 1 amide bonds. The molecule has 0 unspecified atom stereocenters. The summed E-state index contributed by atoms with van der Waals surface area (Å²) >= 11 is 0. The van der Waals surface area contributed by atoms with Gasteiger partial charge in [0.1, 0.15) is 11.2 Å². The topological polar surface area (TPSA) is 115 Å². The highest BCUT2D eigenvalue weighted by Gasteiger charge is 2.35. The van der Waals surface area contributed by atoms with Gasteiger partial charge >= 0.3 is 0 Å². The molecule has 4 heterocycles. The number of aromatic amines is 2. The molecule has 0 aliphatic heterocycles. The lowest BCUT2D eigenvalue weighted by molar-refractivity contribution is -0.137. The van der Waals surface area contributed by atoms with Gasteiger partial charge in [0.15, 0.2) is 0 Å². The van der Waals surface area contributed by atoms with E-state index in [9.17, 15) is 4.79 Å². The zero-order chi connectivity index (χ0) is 33.2. The fraction of sp³-hybridized carbons (Fsp3) is 0.486. The van der Waals surface area contributed by atoms with Gasteiger partial charge in [0.05, 0.1) is 11.1 Å². The molecule has 0 aliphatic carbocycles. The maximum atomic E-state index is 14.1. The predicted octanol–water partition coefficient (Wildman–Crippen LogP) is 6.87. The van der Waals surface area contributed by atoms with Gasteiger partial charge in [-0.3, -0.25) is 4.79 Å². The van der Waals surface area contributed by atoms with Crippen molar-refractivity contribution in [3.05, 3.63) is 70.5 Å². The molecule has 0 fully saturated rings. The van der Waals surface area contributed by atoms with Crippen LogP contribution in [0.4, 0.5) is 0 Å². The number of amides is 1. The van der Waals surface area contributed by atoms with Crippen LogP contribution in [0.25, 0.3) is 33.5 Å². The molecule has 0 saturated carbocycles. The van der Waals surface area contributed by atoms with Crippen LogP contribution in [0.15, 0.2) is 42.7 Å². The van der Waals surface area contributed by atoms with E-state index in [-0.39, 0.29) is 11.8 Å². The molecule has 5 aromatic rings. The van der Waals surface area contributed by atoms with Crippen molar-refractivity contribution in [3.8, 4) is 11.3 Å². The zero-order valence-corrected chi connectivity index (χ0v) is 29.0.